The van der Waals surface area contributed by atoms with E-state index < -0.39 is 0 Å². The highest BCUT2D eigenvalue weighted by Crippen LogP contribution is 2.46. The van der Waals surface area contributed by atoms with Crippen molar-refractivity contribution in [3.05, 3.63) is 23.3 Å². The molecule has 0 aliphatic carbocycles. The highest BCUT2D eigenvalue weighted by molar-refractivity contribution is 8.14. The first kappa shape index (κ1) is 38.4. The van der Waals surface area contributed by atoms with E-state index in [9.17, 15) is 0 Å². The van der Waals surface area contributed by atoms with Crippen molar-refractivity contribution in [3.63, 3.8) is 0 Å². The van der Waals surface area contributed by atoms with Crippen molar-refractivity contribution >= 4 is 136 Å². The smallest absolute Gasteiger partial charge is 0.171 e. The van der Waals surface area contributed by atoms with Gasteiger partial charge in [-0.15, -0.1) is 94.1 Å². The summed E-state index contributed by atoms with van der Waals surface area (Å²) in [4.78, 5) is 47.4. The van der Waals surface area contributed by atoms with Gasteiger partial charge in [0.05, 0.1) is 39.2 Å². The van der Waals surface area contributed by atoms with Crippen LogP contribution < -0.4 is 0 Å². The van der Waals surface area contributed by atoms with Crippen molar-refractivity contribution in [2.75, 3.05) is 46.0 Å². The van der Waals surface area contributed by atoms with Crippen LogP contribution in [-0.4, -0.2) is 85.9 Å². The van der Waals surface area contributed by atoms with Crippen molar-refractivity contribution in [1.29, 1.82) is 0 Å². The molecule has 0 aromatic carbocycles. The van der Waals surface area contributed by atoms with E-state index in [2.05, 4.69) is 65.4 Å². The third-order valence-electron chi connectivity index (χ3n) is 6.58. The molecule has 8 nitrogen and oxygen atoms in total. The Morgan fingerprint density at radius 3 is 0.792 bits per heavy atom. The van der Waals surface area contributed by atoms with Crippen molar-refractivity contribution < 1.29 is 0 Å². The molecule has 0 fully saturated rings. The lowest BCUT2D eigenvalue weighted by Crippen LogP contribution is -1.92. The van der Waals surface area contributed by atoms with Crippen LogP contribution in [0.2, 0.25) is 0 Å². The first-order valence-electron chi connectivity index (χ1n) is 16.3. The number of fused-ring (bicyclic) bond motifs is 8. The number of hydrogen-bond donors (Lipinski definition) is 2. The molecule has 0 saturated heterocycles. The number of nitrogens with one attached hydrogen (secondary N) is 2. The molecule has 2 aliphatic heterocycles. The molecular weight excluding hydrogens is 753 g/mol. The number of nitrogens with zero attached hydrogens (tertiary/aromatic N) is 6. The Bertz CT molecular complexity index is 1720. The monoisotopic (exact) mass is 794 g/mol. The molecule has 0 amide bonds. The van der Waals surface area contributed by atoms with Crippen LogP contribution in [0.3, 0.4) is 0 Å². The number of hydrogen-bond acceptors (Lipinski definition) is 14. The summed E-state index contributed by atoms with van der Waals surface area (Å²) in [6.45, 7) is 17.4. The summed E-state index contributed by atoms with van der Waals surface area (Å²) in [7, 11) is 0. The molecule has 0 atom stereocenters. The summed E-state index contributed by atoms with van der Waals surface area (Å²) in [5, 5.41) is 0. The standard InChI is InChI=1S/C32H42N8S8/c1-9-41-17-18(42-10-2)26-33-25(17)37-27-19(43-11-3)20(44-12-4)29(34-27)39-31-23(47-15-7)24(48-16-8)32(36-31)40-30-22(46-14-6)21(45-13-5)28(35-30)38-26/h9-16H2,1-8H3,(H2,33,34,35,36,37,38,39,40). The fourth-order valence-electron chi connectivity index (χ4n) is 4.94. The van der Waals surface area contributed by atoms with Gasteiger partial charge in [0.2, 0.25) is 0 Å². The highest BCUT2D eigenvalue weighted by Gasteiger charge is 2.28. The van der Waals surface area contributed by atoms with Gasteiger partial charge < -0.3 is 9.97 Å². The summed E-state index contributed by atoms with van der Waals surface area (Å²) >= 11 is 14.3. The largest absolute Gasteiger partial charge is 0.323 e. The third kappa shape index (κ3) is 8.26. The van der Waals surface area contributed by atoms with Crippen molar-refractivity contribution in [3.8, 4) is 0 Å². The van der Waals surface area contributed by atoms with Gasteiger partial charge in [0.15, 0.2) is 23.3 Å². The number of H-pyrrole nitrogens is 2. The Labute approximate surface area is 318 Å². The molecule has 0 spiro atoms. The van der Waals surface area contributed by atoms with Gasteiger partial charge in [-0.3, -0.25) is 0 Å². The zero-order chi connectivity index (χ0) is 34.2. The number of aromatic nitrogens is 8. The molecule has 0 unspecified atom stereocenters. The van der Waals surface area contributed by atoms with Gasteiger partial charge in [0, 0.05) is 0 Å². The Morgan fingerprint density at radius 1 is 0.312 bits per heavy atom. The normalized spacial score (nSPS) is 13.3. The van der Waals surface area contributed by atoms with Crippen LogP contribution in [0.5, 0.6) is 0 Å². The van der Waals surface area contributed by atoms with Crippen LogP contribution in [0.25, 0.3) is 42.2 Å². The minimum absolute atomic E-state index is 0.675. The van der Waals surface area contributed by atoms with Gasteiger partial charge in [-0.1, -0.05) is 55.4 Å². The van der Waals surface area contributed by atoms with E-state index >= 15 is 0 Å². The summed E-state index contributed by atoms with van der Waals surface area (Å²) < 4.78 is 0. The maximum absolute atomic E-state index is 5.33. The molecule has 0 saturated carbocycles. The van der Waals surface area contributed by atoms with Gasteiger partial charge in [0.25, 0.3) is 0 Å². The van der Waals surface area contributed by atoms with E-state index in [0.29, 0.717) is 23.3 Å². The first-order chi connectivity index (χ1) is 23.5. The van der Waals surface area contributed by atoms with Crippen LogP contribution >= 0.6 is 94.1 Å². The maximum Gasteiger partial charge on any atom is 0.171 e. The molecule has 2 N–H and O–H groups in total. The summed E-state index contributed by atoms with van der Waals surface area (Å²) in [6.07, 6.45) is 0. The average molecular weight is 795 g/mol. The summed E-state index contributed by atoms with van der Waals surface area (Å²) in [6, 6.07) is 0. The molecule has 3 aromatic rings. The van der Waals surface area contributed by atoms with Crippen LogP contribution in [-0.2, 0) is 0 Å². The second-order valence-electron chi connectivity index (χ2n) is 9.71. The number of thioether (sulfide) groups is 8. The molecule has 3 aromatic heterocycles. The second kappa shape index (κ2) is 18.6. The lowest BCUT2D eigenvalue weighted by Gasteiger charge is -2.05. The van der Waals surface area contributed by atoms with Gasteiger partial charge in [-0.05, 0) is 46.0 Å². The van der Waals surface area contributed by atoms with E-state index in [-0.39, 0.29) is 0 Å². The van der Waals surface area contributed by atoms with E-state index in [1.54, 1.807) is 94.1 Å². The minimum atomic E-state index is 0.675. The van der Waals surface area contributed by atoms with Gasteiger partial charge >= 0.3 is 0 Å². The van der Waals surface area contributed by atoms with E-state index in [1.165, 1.54) is 0 Å². The molecule has 2 aliphatic rings. The fraction of sp³-hybridized carbons (Fsp3) is 0.500. The topological polar surface area (TPSA) is 109 Å². The van der Waals surface area contributed by atoms with E-state index in [1.807, 2.05) is 0 Å². The number of aromatic amines is 2. The molecule has 5 rings (SSSR count). The third-order valence-corrected chi connectivity index (χ3v) is 14.8. The molecule has 0 radical (unpaired) electrons. The molecule has 258 valence electrons. The van der Waals surface area contributed by atoms with Crippen molar-refractivity contribution in [1.82, 2.24) is 39.9 Å². The predicted molar refractivity (Wildman–Crippen MR) is 224 cm³/mol. The van der Waals surface area contributed by atoms with Crippen LogP contribution in [0.4, 0.5) is 0 Å². The Kier molecular flexibility index (Phi) is 14.8. The minimum Gasteiger partial charge on any atom is -0.323 e. The first-order valence-corrected chi connectivity index (χ1v) is 24.2. The van der Waals surface area contributed by atoms with Crippen LogP contribution in [0, 0.1) is 0 Å². The van der Waals surface area contributed by atoms with E-state index in [0.717, 1.165) is 108 Å². The van der Waals surface area contributed by atoms with Crippen molar-refractivity contribution in [2.24, 2.45) is 0 Å². The molecule has 8 bridgehead atoms. The Morgan fingerprint density at radius 2 is 0.542 bits per heavy atom. The number of rotatable bonds is 16. The van der Waals surface area contributed by atoms with Crippen LogP contribution in [0.1, 0.15) is 78.7 Å². The zero-order valence-electron chi connectivity index (χ0n) is 28.6. The van der Waals surface area contributed by atoms with Gasteiger partial charge in [0.1, 0.15) is 22.6 Å². The quantitative estimate of drug-likeness (QED) is 0.134. The molecular formula is C32H42N8S8. The Hall–Kier alpha value is -0.880. The predicted octanol–water partition coefficient (Wildman–Crippen LogP) is 11.0. The SMILES string of the molecule is CCSC1=C(SCC)c2nc1nc1nc(nc3[nH]c(nc4[nH]c(n2)c(SCC)c4SCC)c(SCC)c3SCC)C(SCC)=C1SCC. The fourth-order valence-corrected chi connectivity index (χ4v) is 12.3. The van der Waals surface area contributed by atoms with Crippen LogP contribution in [0.15, 0.2) is 19.6 Å². The van der Waals surface area contributed by atoms with Crippen molar-refractivity contribution in [2.45, 2.75) is 75.0 Å². The molecule has 48 heavy (non-hydrogen) atoms. The lowest BCUT2D eigenvalue weighted by molar-refractivity contribution is 1.06. The Balaban J connectivity index is 2.03. The van der Waals surface area contributed by atoms with E-state index in [4.69, 9.17) is 29.9 Å². The van der Waals surface area contributed by atoms with Gasteiger partial charge in [-0.25, -0.2) is 29.9 Å². The maximum atomic E-state index is 5.33. The lowest BCUT2D eigenvalue weighted by atomic mass is 10.4. The van der Waals surface area contributed by atoms with Gasteiger partial charge in [-0.2, -0.15) is 0 Å². The second-order valence-corrected chi connectivity index (χ2v) is 19.9. The average Bonchev–Trinajstić information content (AvgIpc) is 3.75. The highest BCUT2D eigenvalue weighted by atomic mass is 32.2. The summed E-state index contributed by atoms with van der Waals surface area (Å²) in [5.74, 6) is 10.0. The molecule has 16 heteroatoms. The molecule has 5 heterocycles. The zero-order valence-corrected chi connectivity index (χ0v) is 35.1. The summed E-state index contributed by atoms with van der Waals surface area (Å²) in [5.41, 5.74) is 3.20.